The number of aromatic amines is 1. The van der Waals surface area contributed by atoms with E-state index in [1.807, 2.05) is 18.3 Å². The van der Waals surface area contributed by atoms with E-state index in [0.717, 1.165) is 27.4 Å². The van der Waals surface area contributed by atoms with Crippen LogP contribution in [0.25, 0.3) is 21.8 Å². The van der Waals surface area contributed by atoms with Crippen molar-refractivity contribution in [2.75, 3.05) is 45.7 Å². The summed E-state index contributed by atoms with van der Waals surface area (Å²) in [4.78, 5) is 69.7. The molecule has 0 aliphatic carbocycles. The quantitative estimate of drug-likeness (QED) is 0.104. The molecule has 0 spiro atoms. The van der Waals surface area contributed by atoms with Gasteiger partial charge in [-0.05, 0) is 36.6 Å². The maximum atomic E-state index is 13.4. The fraction of sp³-hybridized carbons (Fsp3) is 0.333. The largest absolute Gasteiger partial charge is 0.382 e. The van der Waals surface area contributed by atoms with Crippen LogP contribution in [-0.2, 0) is 25.5 Å². The van der Waals surface area contributed by atoms with Gasteiger partial charge in [0.25, 0.3) is 5.91 Å². The number of aldehydes is 2. The second-order valence-electron chi connectivity index (χ2n) is 10.5. The lowest BCUT2D eigenvalue weighted by Gasteiger charge is -2.28. The summed E-state index contributed by atoms with van der Waals surface area (Å²) in [7, 11) is 2.92. The predicted octanol–water partition coefficient (Wildman–Crippen LogP) is 2.87. The summed E-state index contributed by atoms with van der Waals surface area (Å²) in [6.07, 6.45) is 6.09. The van der Waals surface area contributed by atoms with Crippen LogP contribution in [0.5, 0.6) is 0 Å². The Hall–Kier alpha value is -5.10. The topological polar surface area (TPSA) is 163 Å². The van der Waals surface area contributed by atoms with Crippen LogP contribution in [0.1, 0.15) is 45.5 Å². The Morgan fingerprint density at radius 3 is 2.64 bits per heavy atom. The first-order valence-electron chi connectivity index (χ1n) is 14.8. The van der Waals surface area contributed by atoms with Gasteiger partial charge in [0, 0.05) is 85.5 Å². The molecular weight excluding hydrogens is 576 g/mol. The van der Waals surface area contributed by atoms with Crippen LogP contribution in [-0.4, -0.2) is 91.6 Å². The number of nitrogens with one attached hydrogen (secondary N) is 4. The van der Waals surface area contributed by atoms with Crippen molar-refractivity contribution in [3.63, 3.8) is 0 Å². The van der Waals surface area contributed by atoms with Crippen LogP contribution in [0.2, 0.25) is 0 Å². The van der Waals surface area contributed by atoms with Gasteiger partial charge in [-0.3, -0.25) is 24.2 Å². The molecule has 1 atom stereocenters. The zero-order chi connectivity index (χ0) is 32.2. The molecule has 4 N–H and O–H groups in total. The highest BCUT2D eigenvalue weighted by atomic mass is 16.5. The number of aromatic nitrogens is 2. The molecule has 0 aliphatic rings. The first-order chi connectivity index (χ1) is 21.9. The lowest BCUT2D eigenvalue weighted by atomic mass is 10.0. The molecule has 45 heavy (non-hydrogen) atoms. The molecule has 4 rings (SSSR count). The molecule has 0 bridgehead atoms. The van der Waals surface area contributed by atoms with Crippen LogP contribution in [0.4, 0.5) is 5.69 Å². The number of fused-ring (bicyclic) bond motifs is 3. The Bertz CT molecular complexity index is 1670. The molecule has 12 heteroatoms. The number of carbonyl (C=O) groups excluding carboxylic acids is 5. The minimum Gasteiger partial charge on any atom is -0.382 e. The molecule has 1 unspecified atom stereocenters. The number of hydrogen-bond acceptors (Lipinski definition) is 8. The molecule has 0 fully saturated rings. The zero-order valence-corrected chi connectivity index (χ0v) is 25.4. The van der Waals surface area contributed by atoms with Gasteiger partial charge in [0.15, 0.2) is 6.29 Å². The van der Waals surface area contributed by atoms with Gasteiger partial charge in [0.1, 0.15) is 12.3 Å². The first-order valence-corrected chi connectivity index (χ1v) is 14.8. The molecular formula is C33H38N6O6. The van der Waals surface area contributed by atoms with E-state index in [2.05, 4.69) is 38.1 Å². The van der Waals surface area contributed by atoms with Crippen molar-refractivity contribution in [3.8, 4) is 0 Å². The van der Waals surface area contributed by atoms with E-state index in [4.69, 9.17) is 4.74 Å². The highest BCUT2D eigenvalue weighted by molar-refractivity contribution is 6.08. The summed E-state index contributed by atoms with van der Waals surface area (Å²) in [6.45, 7) is 1.26. The van der Waals surface area contributed by atoms with Gasteiger partial charge in [-0.25, -0.2) is 0 Å². The van der Waals surface area contributed by atoms with Crippen LogP contribution >= 0.6 is 0 Å². The van der Waals surface area contributed by atoms with E-state index in [0.29, 0.717) is 50.8 Å². The number of likely N-dealkylation sites (N-methyl/N-ethyl adjacent to an activating group) is 2. The van der Waals surface area contributed by atoms with Crippen LogP contribution in [0.15, 0.2) is 54.9 Å². The monoisotopic (exact) mass is 614 g/mol. The zero-order valence-electron chi connectivity index (χ0n) is 25.4. The first kappa shape index (κ1) is 32.8. The molecule has 3 amide bonds. The Morgan fingerprint density at radius 2 is 1.87 bits per heavy atom. The summed E-state index contributed by atoms with van der Waals surface area (Å²) in [5, 5.41) is 10.7. The Kier molecular flexibility index (Phi) is 11.7. The smallest absolute Gasteiger partial charge is 0.257 e. The van der Waals surface area contributed by atoms with Crippen molar-refractivity contribution in [1.82, 2.24) is 25.5 Å². The Morgan fingerprint density at radius 1 is 1.04 bits per heavy atom. The summed E-state index contributed by atoms with van der Waals surface area (Å²) < 4.78 is 5.64. The van der Waals surface area contributed by atoms with Gasteiger partial charge in [0.2, 0.25) is 11.8 Å². The third-order valence-corrected chi connectivity index (χ3v) is 7.57. The summed E-state index contributed by atoms with van der Waals surface area (Å²) in [6, 6.07) is 12.1. The van der Waals surface area contributed by atoms with E-state index < -0.39 is 17.9 Å². The van der Waals surface area contributed by atoms with E-state index in [1.54, 1.807) is 18.3 Å². The number of carbonyl (C=O) groups is 5. The summed E-state index contributed by atoms with van der Waals surface area (Å²) in [5.41, 5.74) is 3.82. The van der Waals surface area contributed by atoms with Crippen LogP contribution < -0.4 is 16.0 Å². The highest BCUT2D eigenvalue weighted by Crippen LogP contribution is 2.26. The SMILES string of the molecule is CNC(=O)C(CCC=O)N(C)C(=O)c1c(C=O)cccc1NCCOCCNC(=O)CCc1ccc2c(c1)[nH]c1ccncc12. The number of rotatable bonds is 17. The molecule has 2 heterocycles. The third kappa shape index (κ3) is 8.30. The van der Waals surface area contributed by atoms with Crippen molar-refractivity contribution < 1.29 is 28.7 Å². The van der Waals surface area contributed by atoms with Crippen LogP contribution in [0, 0.1) is 0 Å². The molecule has 4 aromatic rings. The molecule has 2 aromatic carbocycles. The van der Waals surface area contributed by atoms with Crippen molar-refractivity contribution >= 4 is 57.8 Å². The summed E-state index contributed by atoms with van der Waals surface area (Å²) in [5.74, 6) is -1.00. The lowest BCUT2D eigenvalue weighted by molar-refractivity contribution is -0.125. The van der Waals surface area contributed by atoms with E-state index in [9.17, 15) is 24.0 Å². The Labute approximate surface area is 260 Å². The van der Waals surface area contributed by atoms with Gasteiger partial charge in [-0.15, -0.1) is 0 Å². The molecule has 0 radical (unpaired) electrons. The van der Waals surface area contributed by atoms with E-state index >= 15 is 0 Å². The van der Waals surface area contributed by atoms with Crippen molar-refractivity contribution in [2.45, 2.75) is 31.7 Å². The van der Waals surface area contributed by atoms with Crippen LogP contribution in [0.3, 0.4) is 0 Å². The average Bonchev–Trinajstić information content (AvgIpc) is 3.44. The van der Waals surface area contributed by atoms with Crippen molar-refractivity contribution in [1.29, 1.82) is 0 Å². The number of anilines is 1. The minimum atomic E-state index is -0.875. The number of nitrogens with zero attached hydrogens (tertiary/aromatic N) is 2. The van der Waals surface area contributed by atoms with Crippen molar-refractivity contribution in [2.24, 2.45) is 0 Å². The van der Waals surface area contributed by atoms with Gasteiger partial charge >= 0.3 is 0 Å². The Balaban J connectivity index is 1.21. The number of H-pyrrole nitrogens is 1. The number of ether oxygens (including phenoxy) is 1. The number of amides is 3. The second kappa shape index (κ2) is 16.1. The number of pyridine rings is 1. The maximum absolute atomic E-state index is 13.4. The van der Waals surface area contributed by atoms with E-state index in [1.165, 1.54) is 25.1 Å². The molecule has 0 saturated carbocycles. The maximum Gasteiger partial charge on any atom is 0.257 e. The second-order valence-corrected chi connectivity index (χ2v) is 10.5. The molecule has 0 saturated heterocycles. The normalized spacial score (nSPS) is 11.6. The molecule has 2 aromatic heterocycles. The molecule has 12 nitrogen and oxygen atoms in total. The van der Waals surface area contributed by atoms with Gasteiger partial charge in [-0.1, -0.05) is 24.3 Å². The standard InChI is InChI=1S/C33H38N6O6/c1-34-32(43)29(7-4-16-40)39(2)33(44)31-23(21-41)5-3-6-27(31)36-14-17-45-18-15-37-30(42)11-9-22-8-10-24-25-20-35-13-12-26(25)38-28(24)19-22/h3,5-6,8,10,12-13,16,19-21,29,36,38H,4,7,9,11,14-15,17-18H2,1-2H3,(H,34,43)(H,37,42). The predicted molar refractivity (Wildman–Crippen MR) is 171 cm³/mol. The van der Waals surface area contributed by atoms with Gasteiger partial charge in [-0.2, -0.15) is 0 Å². The fourth-order valence-electron chi connectivity index (χ4n) is 5.18. The minimum absolute atomic E-state index is 0.0705. The third-order valence-electron chi connectivity index (χ3n) is 7.57. The van der Waals surface area contributed by atoms with Crippen molar-refractivity contribution in [3.05, 3.63) is 71.5 Å². The number of aryl methyl sites for hydroxylation is 1. The molecule has 236 valence electrons. The summed E-state index contributed by atoms with van der Waals surface area (Å²) >= 11 is 0. The lowest BCUT2D eigenvalue weighted by Crippen LogP contribution is -2.47. The number of hydrogen-bond donors (Lipinski definition) is 4. The molecule has 0 aliphatic heterocycles. The van der Waals surface area contributed by atoms with Gasteiger partial charge < -0.3 is 35.4 Å². The number of benzene rings is 2. The average molecular weight is 615 g/mol. The van der Waals surface area contributed by atoms with Gasteiger partial charge in [0.05, 0.1) is 18.8 Å². The highest BCUT2D eigenvalue weighted by Gasteiger charge is 2.29. The fourth-order valence-corrected chi connectivity index (χ4v) is 5.18. The van der Waals surface area contributed by atoms with E-state index in [-0.39, 0.29) is 36.5 Å².